The summed E-state index contributed by atoms with van der Waals surface area (Å²) in [7, 11) is 3.73. The quantitative estimate of drug-likeness (QED) is 0.550. The van der Waals surface area contributed by atoms with E-state index in [0.29, 0.717) is 17.5 Å². The molecule has 0 aliphatic heterocycles. The van der Waals surface area contributed by atoms with Crippen molar-refractivity contribution in [1.29, 1.82) is 0 Å². The summed E-state index contributed by atoms with van der Waals surface area (Å²) in [6.45, 7) is 2.08. The molecule has 0 radical (unpaired) electrons. The van der Waals surface area contributed by atoms with Crippen LogP contribution < -0.4 is 10.6 Å². The van der Waals surface area contributed by atoms with Gasteiger partial charge in [0.15, 0.2) is 10.8 Å². The van der Waals surface area contributed by atoms with Crippen molar-refractivity contribution in [3.63, 3.8) is 0 Å². The highest BCUT2D eigenvalue weighted by molar-refractivity contribution is 7.98. The van der Waals surface area contributed by atoms with Crippen molar-refractivity contribution in [2.24, 2.45) is 0 Å². The van der Waals surface area contributed by atoms with Gasteiger partial charge in [0.25, 0.3) is 0 Å². The molecule has 1 aromatic carbocycles. The van der Waals surface area contributed by atoms with E-state index < -0.39 is 0 Å². The second-order valence-electron chi connectivity index (χ2n) is 6.11. The number of aryl methyl sites for hydroxylation is 1. The monoisotopic (exact) mass is 366 g/mol. The lowest BCUT2D eigenvalue weighted by molar-refractivity contribution is 0.909. The van der Waals surface area contributed by atoms with Gasteiger partial charge >= 0.3 is 0 Å². The van der Waals surface area contributed by atoms with E-state index in [0.717, 1.165) is 16.3 Å². The molecule has 4 aromatic rings. The Morgan fingerprint density at radius 2 is 1.92 bits per heavy atom. The van der Waals surface area contributed by atoms with E-state index in [-0.39, 0.29) is 5.95 Å². The van der Waals surface area contributed by atoms with Gasteiger partial charge in [-0.25, -0.2) is 0 Å². The van der Waals surface area contributed by atoms with Gasteiger partial charge in [-0.15, -0.1) is 10.2 Å². The van der Waals surface area contributed by atoms with E-state index >= 15 is 0 Å². The highest BCUT2D eigenvalue weighted by Gasteiger charge is 2.13. The minimum absolute atomic E-state index is 0.214. The first kappa shape index (κ1) is 16.5. The fourth-order valence-corrected chi connectivity index (χ4v) is 3.59. The smallest absolute Gasteiger partial charge is 0.229 e. The zero-order valence-corrected chi connectivity index (χ0v) is 15.5. The molecule has 0 unspecified atom stereocenters. The van der Waals surface area contributed by atoms with Gasteiger partial charge in [0.1, 0.15) is 5.82 Å². The zero-order valence-electron chi connectivity index (χ0n) is 14.7. The molecular weight excluding hydrogens is 348 g/mol. The number of aromatic nitrogens is 6. The SMILES string of the molecule is Cc1cc2nnc(SCc3nc(N)nc(N(C)C)n3)n2c2ccccc12. The number of hydrogen-bond acceptors (Lipinski definition) is 8. The number of rotatable bonds is 4. The topological polar surface area (TPSA) is 98.1 Å². The molecule has 3 heterocycles. The summed E-state index contributed by atoms with van der Waals surface area (Å²) in [6, 6.07) is 10.3. The Morgan fingerprint density at radius 3 is 2.73 bits per heavy atom. The van der Waals surface area contributed by atoms with Crippen LogP contribution in [0, 0.1) is 6.92 Å². The Kier molecular flexibility index (Phi) is 4.08. The first-order valence-corrected chi connectivity index (χ1v) is 9.05. The third kappa shape index (κ3) is 2.90. The van der Waals surface area contributed by atoms with Crippen molar-refractivity contribution in [2.45, 2.75) is 17.8 Å². The third-order valence-electron chi connectivity index (χ3n) is 3.99. The summed E-state index contributed by atoms with van der Waals surface area (Å²) in [6.07, 6.45) is 0. The maximum absolute atomic E-state index is 5.80. The summed E-state index contributed by atoms with van der Waals surface area (Å²) in [5.41, 5.74) is 8.88. The lowest BCUT2D eigenvalue weighted by Gasteiger charge is -2.11. The van der Waals surface area contributed by atoms with Gasteiger partial charge in [-0.1, -0.05) is 30.0 Å². The molecule has 2 N–H and O–H groups in total. The lowest BCUT2D eigenvalue weighted by atomic mass is 10.1. The molecule has 0 saturated heterocycles. The Labute approximate surface area is 154 Å². The molecule has 8 nitrogen and oxygen atoms in total. The molecule has 0 saturated carbocycles. The van der Waals surface area contributed by atoms with Gasteiger partial charge in [0, 0.05) is 19.5 Å². The van der Waals surface area contributed by atoms with E-state index in [9.17, 15) is 0 Å². The molecule has 0 fully saturated rings. The third-order valence-corrected chi connectivity index (χ3v) is 4.92. The number of pyridine rings is 1. The molecule has 0 amide bonds. The van der Waals surface area contributed by atoms with Crippen molar-refractivity contribution >= 4 is 40.2 Å². The molecule has 0 atom stereocenters. The summed E-state index contributed by atoms with van der Waals surface area (Å²) in [4.78, 5) is 14.6. The second kappa shape index (κ2) is 6.41. The highest BCUT2D eigenvalue weighted by Crippen LogP contribution is 2.27. The van der Waals surface area contributed by atoms with Gasteiger partial charge in [0.2, 0.25) is 11.9 Å². The molecule has 0 aliphatic rings. The van der Waals surface area contributed by atoms with Gasteiger partial charge in [-0.3, -0.25) is 4.40 Å². The van der Waals surface area contributed by atoms with Crippen LogP contribution in [0.4, 0.5) is 11.9 Å². The van der Waals surface area contributed by atoms with Crippen molar-refractivity contribution in [2.75, 3.05) is 24.7 Å². The predicted octanol–water partition coefficient (Wildman–Crippen LogP) is 2.32. The highest BCUT2D eigenvalue weighted by atomic mass is 32.2. The van der Waals surface area contributed by atoms with Crippen molar-refractivity contribution in [3.8, 4) is 0 Å². The van der Waals surface area contributed by atoms with Crippen molar-refractivity contribution < 1.29 is 0 Å². The summed E-state index contributed by atoms with van der Waals surface area (Å²) < 4.78 is 2.06. The Balaban J connectivity index is 1.72. The maximum Gasteiger partial charge on any atom is 0.229 e. The number of fused-ring (bicyclic) bond motifs is 3. The van der Waals surface area contributed by atoms with E-state index in [2.05, 4.69) is 48.6 Å². The number of benzene rings is 1. The molecule has 4 rings (SSSR count). The minimum Gasteiger partial charge on any atom is -0.368 e. The van der Waals surface area contributed by atoms with Crippen LogP contribution in [-0.4, -0.2) is 43.6 Å². The Bertz CT molecular complexity index is 1100. The van der Waals surface area contributed by atoms with Crippen LogP contribution in [0.1, 0.15) is 11.4 Å². The van der Waals surface area contributed by atoms with Crippen LogP contribution in [0.2, 0.25) is 0 Å². The average molecular weight is 366 g/mol. The Morgan fingerprint density at radius 1 is 1.12 bits per heavy atom. The lowest BCUT2D eigenvalue weighted by Crippen LogP contribution is -2.15. The van der Waals surface area contributed by atoms with Gasteiger partial charge in [0.05, 0.1) is 11.3 Å². The van der Waals surface area contributed by atoms with Crippen LogP contribution in [0.5, 0.6) is 0 Å². The zero-order chi connectivity index (χ0) is 18.3. The molecule has 0 aliphatic carbocycles. The van der Waals surface area contributed by atoms with Crippen molar-refractivity contribution in [3.05, 3.63) is 41.7 Å². The standard InChI is InChI=1S/C17H18N8S/c1-10-8-14-22-23-17(25(14)12-7-5-4-6-11(10)12)26-9-13-19-15(18)21-16(20-13)24(2)3/h4-8H,9H2,1-3H3,(H2,18,19,20,21). The fraction of sp³-hybridized carbons (Fsp3) is 0.235. The summed E-state index contributed by atoms with van der Waals surface area (Å²) >= 11 is 1.52. The Hall–Kier alpha value is -2.94. The van der Waals surface area contributed by atoms with Crippen LogP contribution in [0.3, 0.4) is 0 Å². The number of anilines is 2. The van der Waals surface area contributed by atoms with Crippen LogP contribution >= 0.6 is 11.8 Å². The minimum atomic E-state index is 0.214. The summed E-state index contributed by atoms with van der Waals surface area (Å²) in [5, 5.41) is 10.6. The van der Waals surface area contributed by atoms with Gasteiger partial charge in [-0.05, 0) is 24.6 Å². The van der Waals surface area contributed by atoms with Gasteiger partial charge < -0.3 is 10.6 Å². The molecule has 0 bridgehead atoms. The first-order chi connectivity index (χ1) is 12.5. The van der Waals surface area contributed by atoms with Crippen LogP contribution in [0.25, 0.3) is 16.6 Å². The largest absolute Gasteiger partial charge is 0.368 e. The molecular formula is C17H18N8S. The normalized spacial score (nSPS) is 11.3. The predicted molar refractivity (Wildman–Crippen MR) is 103 cm³/mol. The van der Waals surface area contributed by atoms with E-state index in [1.807, 2.05) is 32.3 Å². The number of nitrogens with two attached hydrogens (primary N) is 1. The number of nitrogen functional groups attached to an aromatic ring is 1. The maximum atomic E-state index is 5.80. The van der Waals surface area contributed by atoms with Gasteiger partial charge in [-0.2, -0.15) is 15.0 Å². The number of hydrogen-bond donors (Lipinski definition) is 1. The fourth-order valence-electron chi connectivity index (χ4n) is 2.79. The summed E-state index contributed by atoms with van der Waals surface area (Å²) in [5.74, 6) is 1.89. The van der Waals surface area contributed by atoms with Crippen LogP contribution in [-0.2, 0) is 5.75 Å². The molecule has 132 valence electrons. The molecule has 9 heteroatoms. The molecule has 3 aromatic heterocycles. The van der Waals surface area contributed by atoms with Crippen LogP contribution in [0.15, 0.2) is 35.5 Å². The molecule has 0 spiro atoms. The average Bonchev–Trinajstić information content (AvgIpc) is 3.02. The molecule has 26 heavy (non-hydrogen) atoms. The van der Waals surface area contributed by atoms with Crippen molar-refractivity contribution in [1.82, 2.24) is 29.5 Å². The van der Waals surface area contributed by atoms with E-state index in [4.69, 9.17) is 5.73 Å². The number of nitrogens with zero attached hydrogens (tertiary/aromatic N) is 7. The second-order valence-corrected chi connectivity index (χ2v) is 7.06. The number of para-hydroxylation sites is 1. The van der Waals surface area contributed by atoms with E-state index in [1.54, 1.807) is 4.90 Å². The number of thioether (sulfide) groups is 1. The first-order valence-electron chi connectivity index (χ1n) is 8.07. The van der Waals surface area contributed by atoms with E-state index in [1.165, 1.54) is 22.7 Å².